The van der Waals surface area contributed by atoms with Crippen molar-refractivity contribution in [3.05, 3.63) is 59.4 Å². The highest BCUT2D eigenvalue weighted by Gasteiger charge is 2.28. The highest BCUT2D eigenvalue weighted by atomic mass is 19.4. The fourth-order valence-corrected chi connectivity index (χ4v) is 2.16. The van der Waals surface area contributed by atoms with Gasteiger partial charge in [0, 0.05) is 5.56 Å². The normalized spacial score (nSPS) is 11.9. The molecule has 0 aliphatic rings. The average molecular weight is 366 g/mol. The van der Waals surface area contributed by atoms with Crippen LogP contribution < -0.4 is 10.1 Å². The Morgan fingerprint density at radius 1 is 1.08 bits per heavy atom. The fourth-order valence-electron chi connectivity index (χ4n) is 2.16. The van der Waals surface area contributed by atoms with Gasteiger partial charge in [-0.3, -0.25) is 9.78 Å². The van der Waals surface area contributed by atoms with Gasteiger partial charge < -0.3 is 10.1 Å². The number of carbonyl (C=O) groups excluding carboxylic acids is 1. The molecule has 0 fully saturated rings. The molecule has 4 nitrogen and oxygen atoms in total. The van der Waals surface area contributed by atoms with Crippen molar-refractivity contribution in [1.29, 1.82) is 0 Å². The lowest BCUT2D eigenvalue weighted by atomic mass is 9.87. The van der Waals surface area contributed by atoms with Crippen molar-refractivity contribution in [1.82, 2.24) is 10.3 Å². The predicted octanol–water partition coefficient (Wildman–Crippen LogP) is 4.25. The Morgan fingerprint density at radius 2 is 1.73 bits per heavy atom. The van der Waals surface area contributed by atoms with Crippen molar-refractivity contribution < 1.29 is 22.7 Å². The van der Waals surface area contributed by atoms with E-state index in [4.69, 9.17) is 0 Å². The molecule has 1 N–H and O–H groups in total. The van der Waals surface area contributed by atoms with E-state index in [0.717, 1.165) is 5.56 Å². The third-order valence-electron chi connectivity index (χ3n) is 3.64. The van der Waals surface area contributed by atoms with Gasteiger partial charge in [-0.05, 0) is 35.2 Å². The SMILES string of the molecule is CC(C)(C)c1ccc(C(=O)NCc2ccc(OCC(F)(F)F)cn2)cc1. The number of halogens is 3. The van der Waals surface area contributed by atoms with Crippen molar-refractivity contribution in [3.63, 3.8) is 0 Å². The van der Waals surface area contributed by atoms with E-state index in [1.165, 1.54) is 18.3 Å². The molecular formula is C19H21F3N2O2. The molecule has 0 spiro atoms. The van der Waals surface area contributed by atoms with E-state index < -0.39 is 12.8 Å². The Labute approximate surface area is 150 Å². The third kappa shape index (κ3) is 6.06. The maximum absolute atomic E-state index is 12.2. The van der Waals surface area contributed by atoms with Crippen LogP contribution in [0, 0.1) is 0 Å². The molecule has 2 rings (SSSR count). The molecule has 140 valence electrons. The zero-order chi connectivity index (χ0) is 19.4. The van der Waals surface area contributed by atoms with Gasteiger partial charge in [-0.1, -0.05) is 32.9 Å². The lowest BCUT2D eigenvalue weighted by Crippen LogP contribution is -2.23. The summed E-state index contributed by atoms with van der Waals surface area (Å²) in [5.74, 6) is -0.222. The minimum atomic E-state index is -4.39. The van der Waals surface area contributed by atoms with E-state index in [0.29, 0.717) is 11.3 Å². The number of hydrogen-bond acceptors (Lipinski definition) is 3. The van der Waals surface area contributed by atoms with Crippen LogP contribution >= 0.6 is 0 Å². The molecule has 7 heteroatoms. The first-order valence-corrected chi connectivity index (χ1v) is 8.08. The minimum absolute atomic E-state index is 0.00879. The standard InChI is InChI=1S/C19H21F3N2O2/c1-18(2,3)14-6-4-13(5-7-14)17(25)24-10-15-8-9-16(11-23-15)26-12-19(20,21)22/h4-9,11H,10,12H2,1-3H3,(H,24,25). The Balaban J connectivity index is 1.89. The quantitative estimate of drug-likeness (QED) is 0.861. The zero-order valence-corrected chi connectivity index (χ0v) is 14.9. The van der Waals surface area contributed by atoms with Gasteiger partial charge in [0.25, 0.3) is 5.91 Å². The van der Waals surface area contributed by atoms with Crippen molar-refractivity contribution in [2.24, 2.45) is 0 Å². The molecule has 0 radical (unpaired) electrons. The summed E-state index contributed by atoms with van der Waals surface area (Å²) in [5.41, 5.74) is 2.19. The van der Waals surface area contributed by atoms with Gasteiger partial charge in [-0.25, -0.2) is 0 Å². The summed E-state index contributed by atoms with van der Waals surface area (Å²) < 4.78 is 40.8. The van der Waals surface area contributed by atoms with E-state index in [1.807, 2.05) is 12.1 Å². The van der Waals surface area contributed by atoms with Crippen LogP contribution in [0.2, 0.25) is 0 Å². The number of aromatic nitrogens is 1. The summed E-state index contributed by atoms with van der Waals surface area (Å²) in [6, 6.07) is 10.3. The monoisotopic (exact) mass is 366 g/mol. The fraction of sp³-hybridized carbons (Fsp3) is 0.368. The van der Waals surface area contributed by atoms with Gasteiger partial charge in [0.15, 0.2) is 6.61 Å². The van der Waals surface area contributed by atoms with E-state index in [-0.39, 0.29) is 23.6 Å². The van der Waals surface area contributed by atoms with Gasteiger partial charge in [0.1, 0.15) is 5.75 Å². The highest BCUT2D eigenvalue weighted by Crippen LogP contribution is 2.22. The summed E-state index contributed by atoms with van der Waals surface area (Å²) in [4.78, 5) is 16.2. The Bertz CT molecular complexity index is 733. The van der Waals surface area contributed by atoms with E-state index >= 15 is 0 Å². The number of pyridine rings is 1. The molecule has 1 aromatic carbocycles. The molecule has 0 bridgehead atoms. The number of nitrogens with zero attached hydrogens (tertiary/aromatic N) is 1. The Morgan fingerprint density at radius 3 is 2.23 bits per heavy atom. The number of benzene rings is 1. The van der Waals surface area contributed by atoms with Crippen molar-refractivity contribution in [3.8, 4) is 5.75 Å². The van der Waals surface area contributed by atoms with Crippen LogP contribution in [0.1, 0.15) is 42.4 Å². The molecule has 0 saturated carbocycles. The maximum Gasteiger partial charge on any atom is 0.422 e. The summed E-state index contributed by atoms with van der Waals surface area (Å²) >= 11 is 0. The first kappa shape index (κ1) is 19.8. The van der Waals surface area contributed by atoms with Gasteiger partial charge in [0.2, 0.25) is 0 Å². The minimum Gasteiger partial charge on any atom is -0.483 e. The van der Waals surface area contributed by atoms with Crippen LogP contribution in [0.3, 0.4) is 0 Å². The number of hydrogen-bond donors (Lipinski definition) is 1. The predicted molar refractivity (Wildman–Crippen MR) is 92.1 cm³/mol. The molecular weight excluding hydrogens is 345 g/mol. The third-order valence-corrected chi connectivity index (χ3v) is 3.64. The second-order valence-electron chi connectivity index (χ2n) is 6.90. The number of alkyl halides is 3. The largest absolute Gasteiger partial charge is 0.483 e. The molecule has 0 atom stereocenters. The van der Waals surface area contributed by atoms with Gasteiger partial charge in [-0.15, -0.1) is 0 Å². The summed E-state index contributed by atoms with van der Waals surface area (Å²) in [6.07, 6.45) is -3.19. The van der Waals surface area contributed by atoms with E-state index in [9.17, 15) is 18.0 Å². The highest BCUT2D eigenvalue weighted by molar-refractivity contribution is 5.94. The van der Waals surface area contributed by atoms with Crippen LogP contribution in [0.4, 0.5) is 13.2 Å². The van der Waals surface area contributed by atoms with Gasteiger partial charge in [0.05, 0.1) is 18.4 Å². The van der Waals surface area contributed by atoms with Crippen molar-refractivity contribution in [2.45, 2.75) is 38.9 Å². The van der Waals surface area contributed by atoms with Crippen LogP contribution in [0.15, 0.2) is 42.6 Å². The zero-order valence-electron chi connectivity index (χ0n) is 14.9. The van der Waals surface area contributed by atoms with E-state index in [2.05, 4.69) is 35.8 Å². The number of carbonyl (C=O) groups is 1. The number of nitrogens with one attached hydrogen (secondary N) is 1. The molecule has 1 amide bonds. The van der Waals surface area contributed by atoms with Crippen molar-refractivity contribution >= 4 is 5.91 Å². The van der Waals surface area contributed by atoms with Crippen LogP contribution in [-0.4, -0.2) is 23.7 Å². The smallest absolute Gasteiger partial charge is 0.422 e. The number of rotatable bonds is 5. The first-order chi connectivity index (χ1) is 12.0. The molecule has 1 heterocycles. The Hall–Kier alpha value is -2.57. The summed E-state index contributed by atoms with van der Waals surface area (Å²) in [7, 11) is 0. The second kappa shape index (κ2) is 7.76. The average Bonchev–Trinajstić information content (AvgIpc) is 2.57. The lowest BCUT2D eigenvalue weighted by Gasteiger charge is -2.19. The molecule has 2 aromatic rings. The van der Waals surface area contributed by atoms with Crippen molar-refractivity contribution in [2.75, 3.05) is 6.61 Å². The lowest BCUT2D eigenvalue weighted by molar-refractivity contribution is -0.153. The molecule has 26 heavy (non-hydrogen) atoms. The number of amides is 1. The number of ether oxygens (including phenoxy) is 1. The Kier molecular flexibility index (Phi) is 5.90. The second-order valence-corrected chi connectivity index (χ2v) is 6.90. The van der Waals surface area contributed by atoms with Crippen LogP contribution in [0.25, 0.3) is 0 Å². The molecule has 0 aliphatic carbocycles. The van der Waals surface area contributed by atoms with Gasteiger partial charge >= 0.3 is 6.18 Å². The topological polar surface area (TPSA) is 51.2 Å². The molecule has 0 saturated heterocycles. The molecule has 0 unspecified atom stereocenters. The van der Waals surface area contributed by atoms with Crippen LogP contribution in [0.5, 0.6) is 5.75 Å². The molecule has 1 aromatic heterocycles. The molecule has 0 aliphatic heterocycles. The summed E-state index contributed by atoms with van der Waals surface area (Å²) in [6.45, 7) is 5.08. The van der Waals surface area contributed by atoms with E-state index in [1.54, 1.807) is 12.1 Å². The van der Waals surface area contributed by atoms with Crippen LogP contribution in [-0.2, 0) is 12.0 Å². The maximum atomic E-state index is 12.2. The van der Waals surface area contributed by atoms with Gasteiger partial charge in [-0.2, -0.15) is 13.2 Å². The first-order valence-electron chi connectivity index (χ1n) is 8.08. The summed E-state index contributed by atoms with van der Waals surface area (Å²) in [5, 5.41) is 2.73.